The van der Waals surface area contributed by atoms with Crippen molar-refractivity contribution in [3.05, 3.63) is 42.0 Å². The van der Waals surface area contributed by atoms with E-state index < -0.39 is 0 Å². The van der Waals surface area contributed by atoms with Crippen molar-refractivity contribution in [2.24, 2.45) is 0 Å². The number of aryl methyl sites for hydroxylation is 2. The third-order valence-corrected chi connectivity index (χ3v) is 3.07. The number of thioether (sulfide) groups is 1. The Morgan fingerprint density at radius 2 is 2.25 bits per heavy atom. The molecule has 0 saturated carbocycles. The summed E-state index contributed by atoms with van der Waals surface area (Å²) in [4.78, 5) is 11.6. The number of amides is 1. The molecule has 0 aliphatic carbocycles. The van der Waals surface area contributed by atoms with Crippen molar-refractivity contribution in [1.82, 2.24) is 0 Å². The van der Waals surface area contributed by atoms with Gasteiger partial charge in [0.15, 0.2) is 0 Å². The van der Waals surface area contributed by atoms with Gasteiger partial charge in [-0.05, 0) is 31.0 Å². The van der Waals surface area contributed by atoms with Crippen molar-refractivity contribution in [3.63, 3.8) is 0 Å². The maximum Gasteiger partial charge on any atom is 0.234 e. The molecule has 0 atom stereocenters. The van der Waals surface area contributed by atoms with E-state index in [1.165, 1.54) is 0 Å². The first-order valence-electron chi connectivity index (χ1n) is 5.19. The molecule has 1 aromatic carbocycles. The minimum Gasteiger partial charge on any atom is -0.325 e. The summed E-state index contributed by atoms with van der Waals surface area (Å²) in [6.45, 7) is 7.62. The average molecular weight is 235 g/mol. The predicted octanol–water partition coefficient (Wildman–Crippen LogP) is 3.16. The summed E-state index contributed by atoms with van der Waals surface area (Å²) in [5, 5.41) is 2.92. The summed E-state index contributed by atoms with van der Waals surface area (Å²) in [7, 11) is 0. The lowest BCUT2D eigenvalue weighted by molar-refractivity contribution is -0.113. The summed E-state index contributed by atoms with van der Waals surface area (Å²) in [6, 6.07) is 6.05. The van der Waals surface area contributed by atoms with Crippen molar-refractivity contribution >= 4 is 23.4 Å². The van der Waals surface area contributed by atoms with Gasteiger partial charge in [-0.3, -0.25) is 4.79 Å². The maximum atomic E-state index is 11.6. The van der Waals surface area contributed by atoms with Crippen LogP contribution >= 0.6 is 11.8 Å². The van der Waals surface area contributed by atoms with Crippen LogP contribution in [-0.4, -0.2) is 17.4 Å². The van der Waals surface area contributed by atoms with Gasteiger partial charge in [-0.15, -0.1) is 18.3 Å². The monoisotopic (exact) mass is 235 g/mol. The molecule has 3 heteroatoms. The lowest BCUT2D eigenvalue weighted by Gasteiger charge is -2.08. The van der Waals surface area contributed by atoms with E-state index >= 15 is 0 Å². The molecule has 0 aromatic heterocycles. The van der Waals surface area contributed by atoms with Crippen molar-refractivity contribution in [2.45, 2.75) is 13.8 Å². The van der Waals surface area contributed by atoms with Crippen LogP contribution in [0.25, 0.3) is 0 Å². The summed E-state index contributed by atoms with van der Waals surface area (Å²) >= 11 is 1.56. The Morgan fingerprint density at radius 3 is 2.94 bits per heavy atom. The number of carbonyl (C=O) groups excluding carboxylic acids is 1. The maximum absolute atomic E-state index is 11.6. The zero-order valence-electron chi connectivity index (χ0n) is 9.75. The highest BCUT2D eigenvalue weighted by Crippen LogP contribution is 2.16. The zero-order valence-corrected chi connectivity index (χ0v) is 10.6. The Morgan fingerprint density at radius 1 is 1.50 bits per heavy atom. The van der Waals surface area contributed by atoms with Gasteiger partial charge in [0.05, 0.1) is 5.75 Å². The van der Waals surface area contributed by atoms with Gasteiger partial charge in [-0.25, -0.2) is 0 Å². The van der Waals surface area contributed by atoms with Crippen LogP contribution in [0.5, 0.6) is 0 Å². The summed E-state index contributed by atoms with van der Waals surface area (Å²) in [5.41, 5.74) is 3.15. The fraction of sp³-hybridized carbons (Fsp3) is 0.308. The predicted molar refractivity (Wildman–Crippen MR) is 72.1 cm³/mol. The molecule has 0 unspecified atom stereocenters. The third kappa shape index (κ3) is 4.11. The molecule has 0 radical (unpaired) electrons. The van der Waals surface area contributed by atoms with Gasteiger partial charge in [0.1, 0.15) is 0 Å². The Balaban J connectivity index is 2.55. The lowest BCUT2D eigenvalue weighted by atomic mass is 10.1. The van der Waals surface area contributed by atoms with Gasteiger partial charge >= 0.3 is 0 Å². The molecule has 86 valence electrons. The summed E-state index contributed by atoms with van der Waals surface area (Å²) in [5.74, 6) is 1.32. The van der Waals surface area contributed by atoms with Crippen LogP contribution in [-0.2, 0) is 4.79 Å². The highest BCUT2D eigenvalue weighted by atomic mass is 32.2. The SMILES string of the molecule is C=CCSCC(=O)Nc1cc(C)ccc1C. The molecule has 0 aliphatic rings. The minimum atomic E-state index is 0.0422. The van der Waals surface area contributed by atoms with E-state index in [9.17, 15) is 4.79 Å². The van der Waals surface area contributed by atoms with Crippen LogP contribution in [0.4, 0.5) is 5.69 Å². The van der Waals surface area contributed by atoms with Crippen LogP contribution in [0.2, 0.25) is 0 Å². The van der Waals surface area contributed by atoms with Crippen molar-refractivity contribution < 1.29 is 4.79 Å². The van der Waals surface area contributed by atoms with Crippen LogP contribution < -0.4 is 5.32 Å². The molecule has 2 nitrogen and oxygen atoms in total. The molecule has 0 bridgehead atoms. The Kier molecular flexibility index (Phi) is 5.12. The number of nitrogens with one attached hydrogen (secondary N) is 1. The molecular weight excluding hydrogens is 218 g/mol. The number of carbonyl (C=O) groups is 1. The molecule has 0 fully saturated rings. The van der Waals surface area contributed by atoms with Crippen molar-refractivity contribution in [1.29, 1.82) is 0 Å². The van der Waals surface area contributed by atoms with Crippen molar-refractivity contribution in [3.8, 4) is 0 Å². The van der Waals surface area contributed by atoms with E-state index in [-0.39, 0.29) is 5.91 Å². The van der Waals surface area contributed by atoms with Gasteiger partial charge in [0.25, 0.3) is 0 Å². The second kappa shape index (κ2) is 6.38. The molecule has 1 aromatic rings. The number of anilines is 1. The first-order chi connectivity index (χ1) is 7.63. The normalized spacial score (nSPS) is 9.88. The van der Waals surface area contributed by atoms with Gasteiger partial charge in [-0.1, -0.05) is 18.2 Å². The minimum absolute atomic E-state index is 0.0422. The van der Waals surface area contributed by atoms with Gasteiger partial charge in [0.2, 0.25) is 5.91 Å². The number of hydrogen-bond acceptors (Lipinski definition) is 2. The molecule has 0 spiro atoms. The van der Waals surface area contributed by atoms with Crippen LogP contribution in [0, 0.1) is 13.8 Å². The second-order valence-corrected chi connectivity index (χ2v) is 4.70. The molecule has 0 saturated heterocycles. The molecule has 1 rings (SSSR count). The van der Waals surface area contributed by atoms with Crippen molar-refractivity contribution in [2.75, 3.05) is 16.8 Å². The second-order valence-electron chi connectivity index (χ2n) is 3.67. The molecule has 0 aliphatic heterocycles. The third-order valence-electron chi connectivity index (χ3n) is 2.14. The molecule has 1 N–H and O–H groups in total. The zero-order chi connectivity index (χ0) is 12.0. The lowest BCUT2D eigenvalue weighted by Crippen LogP contribution is -2.15. The molecule has 1 amide bonds. The highest BCUT2D eigenvalue weighted by molar-refractivity contribution is 8.00. The largest absolute Gasteiger partial charge is 0.325 e. The van der Waals surface area contributed by atoms with Crippen LogP contribution in [0.3, 0.4) is 0 Å². The van der Waals surface area contributed by atoms with E-state index in [1.807, 2.05) is 32.0 Å². The first-order valence-corrected chi connectivity index (χ1v) is 6.34. The van der Waals surface area contributed by atoms with Gasteiger partial charge < -0.3 is 5.32 Å². The average Bonchev–Trinajstić information content (AvgIpc) is 2.24. The quantitative estimate of drug-likeness (QED) is 0.627. The Hall–Kier alpha value is -1.22. The first kappa shape index (κ1) is 12.8. The Labute approximate surface area is 101 Å². The summed E-state index contributed by atoms with van der Waals surface area (Å²) in [6.07, 6.45) is 1.80. The summed E-state index contributed by atoms with van der Waals surface area (Å²) < 4.78 is 0. The number of benzene rings is 1. The Bertz CT molecular complexity index is 388. The van der Waals surface area contributed by atoms with E-state index in [0.717, 1.165) is 22.6 Å². The van der Waals surface area contributed by atoms with E-state index in [0.29, 0.717) is 5.75 Å². The molecule has 16 heavy (non-hydrogen) atoms. The number of rotatable bonds is 5. The molecular formula is C13H17NOS. The van der Waals surface area contributed by atoms with E-state index in [4.69, 9.17) is 0 Å². The van der Waals surface area contributed by atoms with E-state index in [2.05, 4.69) is 11.9 Å². The smallest absolute Gasteiger partial charge is 0.234 e. The topological polar surface area (TPSA) is 29.1 Å². The molecule has 0 heterocycles. The van der Waals surface area contributed by atoms with E-state index in [1.54, 1.807) is 17.8 Å². The van der Waals surface area contributed by atoms with Crippen LogP contribution in [0.1, 0.15) is 11.1 Å². The number of hydrogen-bond donors (Lipinski definition) is 1. The fourth-order valence-electron chi connectivity index (χ4n) is 1.29. The van der Waals surface area contributed by atoms with Gasteiger partial charge in [0, 0.05) is 11.4 Å². The van der Waals surface area contributed by atoms with Crippen LogP contribution in [0.15, 0.2) is 30.9 Å². The standard InChI is InChI=1S/C13H17NOS/c1-4-7-16-9-13(15)14-12-8-10(2)5-6-11(12)3/h4-6,8H,1,7,9H2,2-3H3,(H,14,15). The highest BCUT2D eigenvalue weighted by Gasteiger charge is 2.04. The fourth-order valence-corrected chi connectivity index (χ4v) is 1.83. The van der Waals surface area contributed by atoms with Gasteiger partial charge in [-0.2, -0.15) is 0 Å².